The van der Waals surface area contributed by atoms with Crippen molar-refractivity contribution >= 4 is 34.3 Å². The number of fused-ring (bicyclic) bond motifs is 1. The SMILES string of the molecule is CCOC(=O)c1c(NF)n(-c2cccc(Cl)c2F)c2ccccc12. The molecule has 124 valence electrons. The zero-order chi connectivity index (χ0) is 17.3. The summed E-state index contributed by atoms with van der Waals surface area (Å²) in [5.74, 6) is -1.63. The molecule has 24 heavy (non-hydrogen) atoms. The number of rotatable bonds is 4. The number of ether oxygens (including phenoxy) is 1. The van der Waals surface area contributed by atoms with Crippen LogP contribution in [-0.2, 0) is 4.74 Å². The van der Waals surface area contributed by atoms with E-state index >= 15 is 0 Å². The summed E-state index contributed by atoms with van der Waals surface area (Å²) in [6.07, 6.45) is 0. The molecule has 3 aromatic rings. The first-order valence-electron chi connectivity index (χ1n) is 7.21. The summed E-state index contributed by atoms with van der Waals surface area (Å²) in [5.41, 5.74) is 1.95. The average Bonchev–Trinajstić information content (AvgIpc) is 2.92. The van der Waals surface area contributed by atoms with Crippen LogP contribution in [0.3, 0.4) is 0 Å². The van der Waals surface area contributed by atoms with E-state index in [0.29, 0.717) is 10.9 Å². The van der Waals surface area contributed by atoms with Gasteiger partial charge in [0.2, 0.25) is 0 Å². The Hall–Kier alpha value is -2.60. The number of aromatic nitrogens is 1. The lowest BCUT2D eigenvalue weighted by Crippen LogP contribution is -2.08. The second kappa shape index (κ2) is 6.49. The van der Waals surface area contributed by atoms with Crippen molar-refractivity contribution in [3.8, 4) is 5.69 Å². The van der Waals surface area contributed by atoms with Crippen LogP contribution in [0, 0.1) is 5.82 Å². The molecule has 0 aliphatic heterocycles. The third-order valence-electron chi connectivity index (χ3n) is 3.62. The molecule has 4 nitrogen and oxygen atoms in total. The van der Waals surface area contributed by atoms with Crippen LogP contribution in [0.5, 0.6) is 0 Å². The highest BCUT2D eigenvalue weighted by molar-refractivity contribution is 6.31. The number of nitrogens with one attached hydrogen (secondary N) is 1. The minimum atomic E-state index is -0.716. The molecule has 0 atom stereocenters. The Morgan fingerprint density at radius 2 is 2.00 bits per heavy atom. The van der Waals surface area contributed by atoms with Crippen molar-refractivity contribution in [1.82, 2.24) is 4.57 Å². The van der Waals surface area contributed by atoms with Crippen LogP contribution >= 0.6 is 11.6 Å². The summed E-state index contributed by atoms with van der Waals surface area (Å²) in [4.78, 5) is 12.3. The van der Waals surface area contributed by atoms with Gasteiger partial charge in [-0.05, 0) is 25.1 Å². The third-order valence-corrected chi connectivity index (χ3v) is 3.91. The molecule has 1 aromatic heterocycles. The van der Waals surface area contributed by atoms with Gasteiger partial charge < -0.3 is 4.74 Å². The lowest BCUT2D eigenvalue weighted by molar-refractivity contribution is 0.0529. The topological polar surface area (TPSA) is 43.3 Å². The lowest BCUT2D eigenvalue weighted by atomic mass is 10.1. The number of anilines is 1. The quantitative estimate of drug-likeness (QED) is 0.538. The van der Waals surface area contributed by atoms with Gasteiger partial charge in [0.25, 0.3) is 0 Å². The zero-order valence-corrected chi connectivity index (χ0v) is 13.4. The van der Waals surface area contributed by atoms with Crippen LogP contribution in [0.4, 0.5) is 14.7 Å². The number of esters is 1. The second-order valence-corrected chi connectivity index (χ2v) is 5.37. The van der Waals surface area contributed by atoms with Crippen LogP contribution in [-0.4, -0.2) is 17.1 Å². The van der Waals surface area contributed by atoms with E-state index in [1.54, 1.807) is 37.3 Å². The minimum Gasteiger partial charge on any atom is -0.462 e. The van der Waals surface area contributed by atoms with E-state index in [2.05, 4.69) is 0 Å². The Morgan fingerprint density at radius 1 is 1.25 bits per heavy atom. The number of benzene rings is 2. The van der Waals surface area contributed by atoms with Gasteiger partial charge >= 0.3 is 5.97 Å². The Labute approximate surface area is 141 Å². The molecule has 0 aliphatic rings. The van der Waals surface area contributed by atoms with Gasteiger partial charge in [0.1, 0.15) is 5.56 Å². The average molecular weight is 351 g/mol. The predicted octanol–water partition coefficient (Wildman–Crippen LogP) is 4.90. The number of halogens is 3. The molecular weight excluding hydrogens is 338 g/mol. The molecule has 1 heterocycles. The summed E-state index contributed by atoms with van der Waals surface area (Å²) < 4.78 is 34.3. The van der Waals surface area contributed by atoms with Crippen LogP contribution < -0.4 is 5.54 Å². The van der Waals surface area contributed by atoms with E-state index < -0.39 is 11.8 Å². The van der Waals surface area contributed by atoms with Gasteiger partial charge in [-0.3, -0.25) is 4.57 Å². The zero-order valence-electron chi connectivity index (χ0n) is 12.6. The third kappa shape index (κ3) is 2.49. The minimum absolute atomic E-state index is 0.00525. The summed E-state index contributed by atoms with van der Waals surface area (Å²) in [7, 11) is 0. The van der Waals surface area contributed by atoms with Crippen molar-refractivity contribution in [3.63, 3.8) is 0 Å². The number of carbonyl (C=O) groups is 1. The maximum absolute atomic E-state index is 14.5. The van der Waals surface area contributed by atoms with Crippen molar-refractivity contribution in [2.75, 3.05) is 12.1 Å². The second-order valence-electron chi connectivity index (χ2n) is 4.96. The van der Waals surface area contributed by atoms with Crippen molar-refractivity contribution in [1.29, 1.82) is 0 Å². The summed E-state index contributed by atoms with van der Waals surface area (Å²) >= 11 is 5.84. The van der Waals surface area contributed by atoms with E-state index in [-0.39, 0.29) is 28.7 Å². The Balaban J connectivity index is 2.40. The number of hydrogen-bond donors (Lipinski definition) is 1. The molecule has 0 spiro atoms. The smallest absolute Gasteiger partial charge is 0.342 e. The normalized spacial score (nSPS) is 10.8. The van der Waals surface area contributed by atoms with Gasteiger partial charge in [-0.15, -0.1) is 4.48 Å². The highest BCUT2D eigenvalue weighted by atomic mass is 35.5. The Kier molecular flexibility index (Phi) is 4.40. The molecule has 0 unspecified atom stereocenters. The maximum atomic E-state index is 14.5. The van der Waals surface area contributed by atoms with E-state index in [4.69, 9.17) is 16.3 Å². The predicted molar refractivity (Wildman–Crippen MR) is 88.9 cm³/mol. The summed E-state index contributed by atoms with van der Waals surface area (Å²) in [5, 5.41) is 0.336. The van der Waals surface area contributed by atoms with Crippen LogP contribution in [0.1, 0.15) is 17.3 Å². The molecule has 0 fully saturated rings. The van der Waals surface area contributed by atoms with Crippen molar-refractivity contribution < 1.29 is 18.4 Å². The molecule has 1 N–H and O–H groups in total. The number of para-hydroxylation sites is 1. The fraction of sp³-hybridized carbons (Fsp3) is 0.118. The molecule has 3 rings (SSSR count). The lowest BCUT2D eigenvalue weighted by Gasteiger charge is -2.11. The summed E-state index contributed by atoms with van der Waals surface area (Å²) in [6.45, 7) is 1.78. The van der Waals surface area contributed by atoms with Gasteiger partial charge in [-0.25, -0.2) is 14.7 Å². The Bertz CT molecular complexity index is 924. The molecular formula is C17H13ClF2N2O2. The largest absolute Gasteiger partial charge is 0.462 e. The summed E-state index contributed by atoms with van der Waals surface area (Å²) in [6, 6.07) is 11.1. The standard InChI is InChI=1S/C17H13ClF2N2O2/c1-2-24-17(23)14-10-6-3-4-8-12(10)22(16(14)21-20)13-9-5-7-11(18)15(13)19/h3-9,21H,2H2,1H3. The molecule has 0 saturated heterocycles. The molecule has 7 heteroatoms. The number of carbonyl (C=O) groups excluding carboxylic acids is 1. The molecule has 2 aromatic carbocycles. The fourth-order valence-corrected chi connectivity index (χ4v) is 2.82. The maximum Gasteiger partial charge on any atom is 0.342 e. The molecule has 0 aliphatic carbocycles. The monoisotopic (exact) mass is 350 g/mol. The molecule has 0 saturated carbocycles. The van der Waals surface area contributed by atoms with Gasteiger partial charge in [-0.1, -0.05) is 35.9 Å². The van der Waals surface area contributed by atoms with Crippen molar-refractivity contribution in [2.24, 2.45) is 0 Å². The van der Waals surface area contributed by atoms with E-state index in [0.717, 1.165) is 0 Å². The van der Waals surface area contributed by atoms with Gasteiger partial charge in [0, 0.05) is 5.39 Å². The molecule has 0 bridgehead atoms. The first kappa shape index (κ1) is 16.3. The van der Waals surface area contributed by atoms with Gasteiger partial charge in [0.15, 0.2) is 11.6 Å². The molecule has 0 amide bonds. The van der Waals surface area contributed by atoms with Gasteiger partial charge in [0.05, 0.1) is 22.8 Å². The fourth-order valence-electron chi connectivity index (χ4n) is 2.65. The first-order valence-corrected chi connectivity index (χ1v) is 7.59. The Morgan fingerprint density at radius 3 is 2.71 bits per heavy atom. The van der Waals surface area contributed by atoms with E-state index in [1.165, 1.54) is 22.2 Å². The van der Waals surface area contributed by atoms with Crippen molar-refractivity contribution in [3.05, 3.63) is 58.9 Å². The highest BCUT2D eigenvalue weighted by Gasteiger charge is 2.26. The highest BCUT2D eigenvalue weighted by Crippen LogP contribution is 2.36. The van der Waals surface area contributed by atoms with Crippen LogP contribution in [0.2, 0.25) is 5.02 Å². The van der Waals surface area contributed by atoms with E-state index in [1.807, 2.05) is 0 Å². The van der Waals surface area contributed by atoms with Crippen LogP contribution in [0.25, 0.3) is 16.6 Å². The van der Waals surface area contributed by atoms with E-state index in [9.17, 15) is 13.7 Å². The van der Waals surface area contributed by atoms with Gasteiger partial charge in [-0.2, -0.15) is 0 Å². The first-order chi connectivity index (χ1) is 11.6. The number of hydrogen-bond acceptors (Lipinski definition) is 3. The van der Waals surface area contributed by atoms with Crippen molar-refractivity contribution in [2.45, 2.75) is 6.92 Å². The molecule has 0 radical (unpaired) electrons. The van der Waals surface area contributed by atoms with Crippen LogP contribution in [0.15, 0.2) is 42.5 Å². The number of nitrogens with zero attached hydrogens (tertiary/aromatic N) is 1.